The standard InChI is InChI=1S/C14H24N4O/c1-4-11-9-13(17(3)16-11)14(19)18-8-6-7-12(10-18)15-5-2/h9,12,15H,4-8,10H2,1-3H3. The summed E-state index contributed by atoms with van der Waals surface area (Å²) in [5.74, 6) is 0.109. The number of carbonyl (C=O) groups is 1. The number of carbonyl (C=O) groups excluding carboxylic acids is 1. The summed E-state index contributed by atoms with van der Waals surface area (Å²) in [6, 6.07) is 2.35. The molecule has 0 aromatic carbocycles. The Morgan fingerprint density at radius 3 is 2.95 bits per heavy atom. The lowest BCUT2D eigenvalue weighted by molar-refractivity contribution is 0.0684. The number of piperidine rings is 1. The van der Waals surface area contributed by atoms with Gasteiger partial charge in [-0.25, -0.2) is 0 Å². The highest BCUT2D eigenvalue weighted by Gasteiger charge is 2.25. The molecule has 2 rings (SSSR count). The molecule has 0 aliphatic carbocycles. The molecule has 1 N–H and O–H groups in total. The van der Waals surface area contributed by atoms with Crippen LogP contribution in [0.3, 0.4) is 0 Å². The average molecular weight is 264 g/mol. The summed E-state index contributed by atoms with van der Waals surface area (Å²) in [5.41, 5.74) is 1.68. The van der Waals surface area contributed by atoms with Crippen molar-refractivity contribution < 1.29 is 4.79 Å². The van der Waals surface area contributed by atoms with Crippen LogP contribution >= 0.6 is 0 Å². The maximum absolute atomic E-state index is 12.5. The molecule has 5 heteroatoms. The Hall–Kier alpha value is -1.36. The van der Waals surface area contributed by atoms with Crippen LogP contribution in [0.25, 0.3) is 0 Å². The number of aromatic nitrogens is 2. The SMILES string of the molecule is CCNC1CCCN(C(=O)c2cc(CC)nn2C)C1. The Kier molecular flexibility index (Phi) is 4.58. The second-order valence-electron chi connectivity index (χ2n) is 5.15. The third kappa shape index (κ3) is 3.15. The zero-order chi connectivity index (χ0) is 13.8. The predicted octanol–water partition coefficient (Wildman–Crippen LogP) is 1.20. The van der Waals surface area contributed by atoms with Gasteiger partial charge in [-0.1, -0.05) is 13.8 Å². The maximum atomic E-state index is 12.5. The van der Waals surface area contributed by atoms with Crippen LogP contribution in [0.15, 0.2) is 6.07 Å². The third-order valence-electron chi connectivity index (χ3n) is 3.71. The average Bonchev–Trinajstić information content (AvgIpc) is 2.80. The van der Waals surface area contributed by atoms with Crippen LogP contribution in [0, 0.1) is 0 Å². The first-order chi connectivity index (χ1) is 9.15. The summed E-state index contributed by atoms with van der Waals surface area (Å²) in [6.07, 6.45) is 3.09. The van der Waals surface area contributed by atoms with Crippen LogP contribution in [0.2, 0.25) is 0 Å². The van der Waals surface area contributed by atoms with Gasteiger partial charge in [-0.15, -0.1) is 0 Å². The molecule has 1 saturated heterocycles. The molecular formula is C14H24N4O. The number of aryl methyl sites for hydroxylation is 2. The molecule has 1 aromatic heterocycles. The van der Waals surface area contributed by atoms with Crippen LogP contribution in [0.5, 0.6) is 0 Å². The van der Waals surface area contributed by atoms with E-state index in [0.29, 0.717) is 11.7 Å². The van der Waals surface area contributed by atoms with E-state index in [0.717, 1.165) is 44.6 Å². The molecule has 1 amide bonds. The van der Waals surface area contributed by atoms with Crippen molar-refractivity contribution in [3.8, 4) is 0 Å². The zero-order valence-electron chi connectivity index (χ0n) is 12.1. The zero-order valence-corrected chi connectivity index (χ0v) is 12.1. The van der Waals surface area contributed by atoms with E-state index < -0.39 is 0 Å². The van der Waals surface area contributed by atoms with E-state index in [-0.39, 0.29) is 5.91 Å². The second kappa shape index (κ2) is 6.19. The van der Waals surface area contributed by atoms with Crippen LogP contribution < -0.4 is 5.32 Å². The van der Waals surface area contributed by atoms with Gasteiger partial charge in [-0.05, 0) is 31.9 Å². The highest BCUT2D eigenvalue weighted by atomic mass is 16.2. The van der Waals surface area contributed by atoms with Crippen LogP contribution in [-0.4, -0.2) is 46.3 Å². The molecule has 1 aliphatic heterocycles. The molecule has 0 spiro atoms. The number of rotatable bonds is 4. The van der Waals surface area contributed by atoms with Gasteiger partial charge in [0.15, 0.2) is 0 Å². The normalized spacial score (nSPS) is 19.7. The lowest BCUT2D eigenvalue weighted by atomic mass is 10.1. The molecule has 19 heavy (non-hydrogen) atoms. The first-order valence-electron chi connectivity index (χ1n) is 7.21. The van der Waals surface area contributed by atoms with Gasteiger partial charge in [0.25, 0.3) is 5.91 Å². The number of likely N-dealkylation sites (tertiary alicyclic amines) is 1. The topological polar surface area (TPSA) is 50.2 Å². The van der Waals surface area contributed by atoms with Crippen molar-refractivity contribution in [3.05, 3.63) is 17.5 Å². The van der Waals surface area contributed by atoms with Gasteiger partial charge in [0.05, 0.1) is 5.69 Å². The van der Waals surface area contributed by atoms with Gasteiger partial charge in [0.1, 0.15) is 5.69 Å². The summed E-state index contributed by atoms with van der Waals surface area (Å²) in [6.45, 7) is 6.78. The fraction of sp³-hybridized carbons (Fsp3) is 0.714. The van der Waals surface area contributed by atoms with Gasteiger partial charge in [-0.2, -0.15) is 5.10 Å². The quantitative estimate of drug-likeness (QED) is 0.889. The monoisotopic (exact) mass is 264 g/mol. The molecule has 1 aromatic rings. The minimum Gasteiger partial charge on any atom is -0.336 e. The lowest BCUT2D eigenvalue weighted by Gasteiger charge is -2.33. The van der Waals surface area contributed by atoms with Crippen molar-refractivity contribution in [1.29, 1.82) is 0 Å². The van der Waals surface area contributed by atoms with Crippen LogP contribution in [-0.2, 0) is 13.5 Å². The Labute approximate surface area is 115 Å². The molecule has 2 heterocycles. The van der Waals surface area contributed by atoms with E-state index in [1.165, 1.54) is 0 Å². The minimum absolute atomic E-state index is 0.109. The van der Waals surface area contributed by atoms with Crippen molar-refractivity contribution in [1.82, 2.24) is 20.0 Å². The van der Waals surface area contributed by atoms with E-state index >= 15 is 0 Å². The second-order valence-corrected chi connectivity index (χ2v) is 5.15. The first-order valence-corrected chi connectivity index (χ1v) is 7.21. The Morgan fingerprint density at radius 2 is 2.32 bits per heavy atom. The van der Waals surface area contributed by atoms with E-state index in [4.69, 9.17) is 0 Å². The van der Waals surface area contributed by atoms with Crippen molar-refractivity contribution in [2.45, 2.75) is 39.2 Å². The third-order valence-corrected chi connectivity index (χ3v) is 3.71. The van der Waals surface area contributed by atoms with Crippen LogP contribution in [0.4, 0.5) is 0 Å². The molecule has 5 nitrogen and oxygen atoms in total. The number of amides is 1. The minimum atomic E-state index is 0.109. The Morgan fingerprint density at radius 1 is 1.53 bits per heavy atom. The molecule has 1 aliphatic rings. The fourth-order valence-corrected chi connectivity index (χ4v) is 2.68. The van der Waals surface area contributed by atoms with Crippen LogP contribution in [0.1, 0.15) is 42.9 Å². The highest BCUT2D eigenvalue weighted by Crippen LogP contribution is 2.14. The van der Waals surface area contributed by atoms with Crippen molar-refractivity contribution in [3.63, 3.8) is 0 Å². The van der Waals surface area contributed by atoms with E-state index in [2.05, 4.69) is 24.3 Å². The van der Waals surface area contributed by atoms with Gasteiger partial charge in [0, 0.05) is 26.2 Å². The van der Waals surface area contributed by atoms with Gasteiger partial charge < -0.3 is 10.2 Å². The maximum Gasteiger partial charge on any atom is 0.272 e. The summed E-state index contributed by atoms with van der Waals surface area (Å²) < 4.78 is 1.71. The predicted molar refractivity (Wildman–Crippen MR) is 75.2 cm³/mol. The van der Waals surface area contributed by atoms with Gasteiger partial charge in [-0.3, -0.25) is 9.48 Å². The number of hydrogen-bond acceptors (Lipinski definition) is 3. The summed E-state index contributed by atoms with van der Waals surface area (Å²) in [5, 5.41) is 7.79. The summed E-state index contributed by atoms with van der Waals surface area (Å²) in [4.78, 5) is 14.5. The molecule has 0 radical (unpaired) electrons. The number of likely N-dealkylation sites (N-methyl/N-ethyl adjacent to an activating group) is 1. The molecule has 0 saturated carbocycles. The Bertz CT molecular complexity index is 439. The molecular weight excluding hydrogens is 240 g/mol. The summed E-state index contributed by atoms with van der Waals surface area (Å²) >= 11 is 0. The Balaban J connectivity index is 2.07. The van der Waals surface area contributed by atoms with Crippen molar-refractivity contribution in [2.24, 2.45) is 7.05 Å². The van der Waals surface area contributed by atoms with E-state index in [1.54, 1.807) is 4.68 Å². The van der Waals surface area contributed by atoms with E-state index in [9.17, 15) is 4.79 Å². The molecule has 106 valence electrons. The number of nitrogens with one attached hydrogen (secondary N) is 1. The summed E-state index contributed by atoms with van der Waals surface area (Å²) in [7, 11) is 1.85. The fourth-order valence-electron chi connectivity index (χ4n) is 2.68. The largest absolute Gasteiger partial charge is 0.336 e. The molecule has 1 atom stereocenters. The number of hydrogen-bond donors (Lipinski definition) is 1. The number of nitrogens with zero attached hydrogens (tertiary/aromatic N) is 3. The smallest absolute Gasteiger partial charge is 0.272 e. The van der Waals surface area contributed by atoms with Gasteiger partial charge in [0.2, 0.25) is 0 Å². The highest BCUT2D eigenvalue weighted by molar-refractivity contribution is 5.92. The van der Waals surface area contributed by atoms with Crippen molar-refractivity contribution >= 4 is 5.91 Å². The molecule has 1 fully saturated rings. The first kappa shape index (κ1) is 14.1. The van der Waals surface area contributed by atoms with Gasteiger partial charge >= 0.3 is 0 Å². The van der Waals surface area contributed by atoms with Crippen molar-refractivity contribution in [2.75, 3.05) is 19.6 Å². The van der Waals surface area contributed by atoms with E-state index in [1.807, 2.05) is 18.0 Å². The lowest BCUT2D eigenvalue weighted by Crippen LogP contribution is -2.48. The molecule has 0 bridgehead atoms. The molecule has 1 unspecified atom stereocenters.